The Hall–Kier alpha value is -1.27. The van der Waals surface area contributed by atoms with Crippen molar-refractivity contribution in [2.75, 3.05) is 5.75 Å². The smallest absolute Gasteiger partial charge is 0.319 e. The third-order valence-electron chi connectivity index (χ3n) is 2.84. The van der Waals surface area contributed by atoms with Crippen LogP contribution in [0.2, 0.25) is 0 Å². The van der Waals surface area contributed by atoms with E-state index in [0.717, 1.165) is 23.5 Å². The second-order valence-corrected chi connectivity index (χ2v) is 6.49. The molecule has 1 unspecified atom stereocenters. The van der Waals surface area contributed by atoms with Crippen molar-refractivity contribution in [1.82, 2.24) is 4.98 Å². The van der Waals surface area contributed by atoms with Gasteiger partial charge in [-0.2, -0.15) is 0 Å². The Morgan fingerprint density at radius 3 is 3.26 bits per heavy atom. The van der Waals surface area contributed by atoms with E-state index in [9.17, 15) is 4.79 Å². The maximum atomic E-state index is 11.8. The summed E-state index contributed by atoms with van der Waals surface area (Å²) in [5.74, 6) is 1.49. The lowest BCUT2D eigenvalue weighted by Gasteiger charge is -2.07. The molecule has 0 aliphatic carbocycles. The van der Waals surface area contributed by atoms with Crippen molar-refractivity contribution < 1.29 is 13.9 Å². The SMILES string of the molecule is O=C(OCc1coc(-c2cccs2)n1)C1CCCS1. The van der Waals surface area contributed by atoms with Crippen LogP contribution in [0.5, 0.6) is 0 Å². The Labute approximate surface area is 119 Å². The van der Waals surface area contributed by atoms with Crippen molar-refractivity contribution in [3.8, 4) is 10.8 Å². The highest BCUT2D eigenvalue weighted by Crippen LogP contribution is 2.27. The fourth-order valence-electron chi connectivity index (χ4n) is 1.89. The highest BCUT2D eigenvalue weighted by Gasteiger charge is 2.25. The molecule has 0 radical (unpaired) electrons. The summed E-state index contributed by atoms with van der Waals surface area (Å²) in [7, 11) is 0. The molecular formula is C13H13NO3S2. The van der Waals surface area contributed by atoms with Crippen LogP contribution < -0.4 is 0 Å². The van der Waals surface area contributed by atoms with Crippen molar-refractivity contribution in [1.29, 1.82) is 0 Å². The predicted molar refractivity (Wildman–Crippen MR) is 75.1 cm³/mol. The molecule has 1 aliphatic heterocycles. The van der Waals surface area contributed by atoms with Gasteiger partial charge in [0.05, 0.1) is 4.88 Å². The molecule has 3 rings (SSSR count). The highest BCUT2D eigenvalue weighted by molar-refractivity contribution is 8.00. The van der Waals surface area contributed by atoms with Gasteiger partial charge in [0.15, 0.2) is 0 Å². The van der Waals surface area contributed by atoms with E-state index in [2.05, 4.69) is 4.98 Å². The lowest BCUT2D eigenvalue weighted by atomic mass is 10.2. The first-order chi connectivity index (χ1) is 9.33. The summed E-state index contributed by atoms with van der Waals surface area (Å²) in [6.45, 7) is 0.185. The van der Waals surface area contributed by atoms with Gasteiger partial charge in [-0.25, -0.2) is 4.98 Å². The van der Waals surface area contributed by atoms with E-state index in [1.165, 1.54) is 0 Å². The van der Waals surface area contributed by atoms with E-state index in [1.807, 2.05) is 17.5 Å². The minimum absolute atomic E-state index is 0.00340. The molecule has 0 spiro atoms. The molecule has 3 heterocycles. The molecule has 0 saturated carbocycles. The molecule has 1 saturated heterocycles. The molecule has 1 atom stereocenters. The second-order valence-electron chi connectivity index (χ2n) is 4.23. The maximum Gasteiger partial charge on any atom is 0.319 e. The summed E-state index contributed by atoms with van der Waals surface area (Å²) in [6.07, 6.45) is 3.56. The zero-order chi connectivity index (χ0) is 13.1. The zero-order valence-electron chi connectivity index (χ0n) is 10.2. The third kappa shape index (κ3) is 3.01. The summed E-state index contributed by atoms with van der Waals surface area (Å²) in [6, 6.07) is 3.89. The number of thioether (sulfide) groups is 1. The maximum absolute atomic E-state index is 11.8. The van der Waals surface area contributed by atoms with Crippen molar-refractivity contribution in [2.45, 2.75) is 24.7 Å². The Kier molecular flexibility index (Phi) is 3.89. The molecule has 1 aliphatic rings. The minimum Gasteiger partial charge on any atom is -0.458 e. The molecule has 0 bridgehead atoms. The van der Waals surface area contributed by atoms with Gasteiger partial charge in [-0.1, -0.05) is 6.07 Å². The molecule has 6 heteroatoms. The molecule has 4 nitrogen and oxygen atoms in total. The van der Waals surface area contributed by atoms with Crippen LogP contribution >= 0.6 is 23.1 Å². The van der Waals surface area contributed by atoms with Gasteiger partial charge in [-0.3, -0.25) is 4.79 Å². The molecule has 100 valence electrons. The predicted octanol–water partition coefficient (Wildman–Crippen LogP) is 3.34. The quantitative estimate of drug-likeness (QED) is 0.810. The first-order valence-electron chi connectivity index (χ1n) is 6.09. The van der Waals surface area contributed by atoms with E-state index in [4.69, 9.17) is 9.15 Å². The molecule has 2 aromatic rings. The first-order valence-corrected chi connectivity index (χ1v) is 8.02. The van der Waals surface area contributed by atoms with Gasteiger partial charge in [0.2, 0.25) is 5.89 Å². The summed E-state index contributed by atoms with van der Waals surface area (Å²) in [5, 5.41) is 1.97. The third-order valence-corrected chi connectivity index (χ3v) is 5.05. The fraction of sp³-hybridized carbons (Fsp3) is 0.385. The van der Waals surface area contributed by atoms with Crippen LogP contribution in [0, 0.1) is 0 Å². The van der Waals surface area contributed by atoms with Crippen molar-refractivity contribution in [3.05, 3.63) is 29.5 Å². The summed E-state index contributed by atoms with van der Waals surface area (Å²) in [4.78, 5) is 17.0. The van der Waals surface area contributed by atoms with Gasteiger partial charge < -0.3 is 9.15 Å². The van der Waals surface area contributed by atoms with Crippen LogP contribution in [-0.2, 0) is 16.1 Å². The molecular weight excluding hydrogens is 282 g/mol. The Morgan fingerprint density at radius 2 is 2.53 bits per heavy atom. The van der Waals surface area contributed by atoms with Gasteiger partial charge in [0.25, 0.3) is 0 Å². The number of nitrogens with zero attached hydrogens (tertiary/aromatic N) is 1. The van der Waals surface area contributed by atoms with E-state index in [0.29, 0.717) is 11.6 Å². The number of thiophene rings is 1. The number of rotatable bonds is 4. The van der Waals surface area contributed by atoms with Crippen molar-refractivity contribution >= 4 is 29.1 Å². The topological polar surface area (TPSA) is 52.3 Å². The number of hydrogen-bond donors (Lipinski definition) is 0. The van der Waals surface area contributed by atoms with E-state index < -0.39 is 0 Å². The number of hydrogen-bond acceptors (Lipinski definition) is 6. The molecule has 0 amide bonds. The van der Waals surface area contributed by atoms with Gasteiger partial charge in [0, 0.05) is 0 Å². The zero-order valence-corrected chi connectivity index (χ0v) is 11.8. The van der Waals surface area contributed by atoms with E-state index in [1.54, 1.807) is 29.4 Å². The largest absolute Gasteiger partial charge is 0.458 e. The minimum atomic E-state index is -0.136. The van der Waals surface area contributed by atoms with E-state index in [-0.39, 0.29) is 17.8 Å². The summed E-state index contributed by atoms with van der Waals surface area (Å²) < 4.78 is 10.6. The van der Waals surface area contributed by atoms with Crippen LogP contribution in [-0.4, -0.2) is 22.0 Å². The van der Waals surface area contributed by atoms with Crippen LogP contribution in [0.3, 0.4) is 0 Å². The Bertz CT molecular complexity index is 544. The average Bonchev–Trinajstić information content (AvgIpc) is 3.14. The van der Waals surface area contributed by atoms with Gasteiger partial charge in [-0.15, -0.1) is 23.1 Å². The van der Waals surface area contributed by atoms with Crippen LogP contribution in [0.4, 0.5) is 0 Å². The first kappa shape index (κ1) is 12.7. The van der Waals surface area contributed by atoms with Gasteiger partial charge in [-0.05, 0) is 30.0 Å². The van der Waals surface area contributed by atoms with E-state index >= 15 is 0 Å². The molecule has 19 heavy (non-hydrogen) atoms. The van der Waals surface area contributed by atoms with Gasteiger partial charge in [0.1, 0.15) is 23.8 Å². The molecule has 0 N–H and O–H groups in total. The monoisotopic (exact) mass is 295 g/mol. The van der Waals surface area contributed by atoms with Gasteiger partial charge >= 0.3 is 5.97 Å². The number of ether oxygens (including phenoxy) is 1. The Balaban J connectivity index is 1.57. The average molecular weight is 295 g/mol. The van der Waals surface area contributed by atoms with Crippen LogP contribution in [0.1, 0.15) is 18.5 Å². The Morgan fingerprint density at radius 1 is 1.58 bits per heavy atom. The normalized spacial score (nSPS) is 18.6. The standard InChI is InChI=1S/C13H13NO3S2/c15-13(11-4-2-6-19-11)17-8-9-7-16-12(14-9)10-3-1-5-18-10/h1,3,5,7,11H,2,4,6,8H2. The van der Waals surface area contributed by atoms with Crippen molar-refractivity contribution in [2.24, 2.45) is 0 Å². The summed E-state index contributed by atoms with van der Waals surface area (Å²) in [5.41, 5.74) is 0.653. The molecule has 2 aromatic heterocycles. The lowest BCUT2D eigenvalue weighted by molar-refractivity contribution is -0.144. The van der Waals surface area contributed by atoms with Crippen molar-refractivity contribution in [3.63, 3.8) is 0 Å². The lowest BCUT2D eigenvalue weighted by Crippen LogP contribution is -2.17. The van der Waals surface area contributed by atoms with Crippen LogP contribution in [0.25, 0.3) is 10.8 Å². The number of esters is 1. The van der Waals surface area contributed by atoms with Crippen LogP contribution in [0.15, 0.2) is 28.2 Å². The molecule has 1 fully saturated rings. The number of carbonyl (C=O) groups is 1. The second kappa shape index (κ2) is 5.79. The number of oxazole rings is 1. The highest BCUT2D eigenvalue weighted by atomic mass is 32.2. The number of carbonyl (C=O) groups excluding carboxylic acids is 1. The molecule has 0 aromatic carbocycles. The summed E-state index contributed by atoms with van der Waals surface area (Å²) >= 11 is 3.24. The fourth-order valence-corrected chi connectivity index (χ4v) is 3.70. The number of aromatic nitrogens is 1.